The molecule has 0 spiro atoms. The molecule has 0 aliphatic carbocycles. The average Bonchev–Trinajstić information content (AvgIpc) is 2.76. The first-order valence-electron chi connectivity index (χ1n) is 5.37. The largest absolute Gasteiger partial charge is 0.457 e. The summed E-state index contributed by atoms with van der Waals surface area (Å²) in [4.78, 5) is 12.0. The molecule has 18 heavy (non-hydrogen) atoms. The maximum atomic E-state index is 12.0. The standard InChI is InChI=1S/C13H11BrClNO2/c1-8(15)9-4-2-3-5-11(9)16-13(17)10-6-7-18-12(10)14/h2-8H,1H3,(H,16,17). The number of carbonyl (C=O) groups is 1. The van der Waals surface area contributed by atoms with E-state index in [2.05, 4.69) is 21.2 Å². The van der Waals surface area contributed by atoms with Crippen molar-refractivity contribution in [1.29, 1.82) is 0 Å². The number of furan rings is 1. The van der Waals surface area contributed by atoms with Gasteiger partial charge < -0.3 is 9.73 Å². The van der Waals surface area contributed by atoms with E-state index in [9.17, 15) is 4.79 Å². The lowest BCUT2D eigenvalue weighted by molar-refractivity contribution is 0.102. The number of amides is 1. The van der Waals surface area contributed by atoms with Crippen molar-refractivity contribution in [3.63, 3.8) is 0 Å². The zero-order chi connectivity index (χ0) is 13.1. The van der Waals surface area contributed by atoms with Crippen LogP contribution in [0.25, 0.3) is 0 Å². The molecule has 1 N–H and O–H groups in total. The summed E-state index contributed by atoms with van der Waals surface area (Å²) in [6.07, 6.45) is 1.45. The van der Waals surface area contributed by atoms with Gasteiger partial charge in [-0.05, 0) is 40.5 Å². The molecule has 1 heterocycles. The van der Waals surface area contributed by atoms with Gasteiger partial charge in [0.05, 0.1) is 17.2 Å². The van der Waals surface area contributed by atoms with Crippen molar-refractivity contribution < 1.29 is 9.21 Å². The van der Waals surface area contributed by atoms with E-state index in [-0.39, 0.29) is 11.3 Å². The van der Waals surface area contributed by atoms with E-state index < -0.39 is 0 Å². The predicted octanol–water partition coefficient (Wildman–Crippen LogP) is 4.59. The number of para-hydroxylation sites is 1. The molecule has 0 saturated carbocycles. The number of anilines is 1. The second kappa shape index (κ2) is 5.59. The topological polar surface area (TPSA) is 42.2 Å². The van der Waals surface area contributed by atoms with Gasteiger partial charge in [0.2, 0.25) is 0 Å². The smallest absolute Gasteiger partial charge is 0.260 e. The molecule has 1 atom stereocenters. The molecule has 94 valence electrons. The van der Waals surface area contributed by atoms with E-state index in [0.29, 0.717) is 15.9 Å². The number of benzene rings is 1. The molecule has 1 aromatic heterocycles. The summed E-state index contributed by atoms with van der Waals surface area (Å²) in [7, 11) is 0. The molecule has 0 saturated heterocycles. The Morgan fingerprint density at radius 3 is 2.72 bits per heavy atom. The Morgan fingerprint density at radius 1 is 1.39 bits per heavy atom. The molecule has 1 amide bonds. The van der Waals surface area contributed by atoms with Crippen molar-refractivity contribution in [2.24, 2.45) is 0 Å². The van der Waals surface area contributed by atoms with Crippen LogP contribution in [0.5, 0.6) is 0 Å². The summed E-state index contributed by atoms with van der Waals surface area (Å²) in [5.74, 6) is -0.236. The van der Waals surface area contributed by atoms with Crippen molar-refractivity contribution in [3.8, 4) is 0 Å². The highest BCUT2D eigenvalue weighted by Gasteiger charge is 2.15. The van der Waals surface area contributed by atoms with Crippen LogP contribution in [-0.2, 0) is 0 Å². The van der Waals surface area contributed by atoms with Crippen LogP contribution in [0, 0.1) is 0 Å². The van der Waals surface area contributed by atoms with Crippen LogP contribution in [0.2, 0.25) is 0 Å². The SMILES string of the molecule is CC(Cl)c1ccccc1NC(=O)c1ccoc1Br. The number of rotatable bonds is 3. The van der Waals surface area contributed by atoms with Crippen molar-refractivity contribution in [2.45, 2.75) is 12.3 Å². The van der Waals surface area contributed by atoms with Crippen LogP contribution in [0.15, 0.2) is 45.7 Å². The van der Waals surface area contributed by atoms with Crippen LogP contribution >= 0.6 is 27.5 Å². The molecule has 0 aliphatic heterocycles. The van der Waals surface area contributed by atoms with Gasteiger partial charge in [-0.1, -0.05) is 18.2 Å². The summed E-state index contributed by atoms with van der Waals surface area (Å²) >= 11 is 9.24. The number of alkyl halides is 1. The third-order valence-corrected chi connectivity index (χ3v) is 3.35. The lowest BCUT2D eigenvalue weighted by atomic mass is 10.1. The van der Waals surface area contributed by atoms with Crippen molar-refractivity contribution in [2.75, 3.05) is 5.32 Å². The highest BCUT2D eigenvalue weighted by atomic mass is 79.9. The zero-order valence-corrected chi connectivity index (χ0v) is 12.0. The molecule has 0 aliphatic rings. The first-order chi connectivity index (χ1) is 8.59. The van der Waals surface area contributed by atoms with E-state index in [0.717, 1.165) is 5.56 Å². The van der Waals surface area contributed by atoms with Gasteiger partial charge >= 0.3 is 0 Å². The molecular weight excluding hydrogens is 318 g/mol. The van der Waals surface area contributed by atoms with Gasteiger partial charge in [-0.2, -0.15) is 0 Å². The first-order valence-corrected chi connectivity index (χ1v) is 6.60. The Balaban J connectivity index is 2.25. The van der Waals surface area contributed by atoms with Crippen molar-refractivity contribution >= 4 is 39.1 Å². The number of carbonyl (C=O) groups excluding carboxylic acids is 1. The van der Waals surface area contributed by atoms with Gasteiger partial charge in [0.25, 0.3) is 5.91 Å². The minimum absolute atomic E-state index is 0.172. The van der Waals surface area contributed by atoms with Gasteiger partial charge in [0.1, 0.15) is 0 Å². The second-order valence-corrected chi connectivity index (χ2v) is 5.14. The molecule has 1 aromatic carbocycles. The fourth-order valence-corrected chi connectivity index (χ4v) is 2.21. The minimum Gasteiger partial charge on any atom is -0.457 e. The van der Waals surface area contributed by atoms with Gasteiger partial charge in [-0.3, -0.25) is 4.79 Å². The number of halogens is 2. The molecule has 2 aromatic rings. The lowest BCUT2D eigenvalue weighted by Crippen LogP contribution is -2.13. The zero-order valence-electron chi connectivity index (χ0n) is 9.61. The van der Waals surface area contributed by atoms with Crippen LogP contribution in [0.3, 0.4) is 0 Å². The van der Waals surface area contributed by atoms with Gasteiger partial charge in [-0.25, -0.2) is 0 Å². The maximum Gasteiger partial charge on any atom is 0.260 e. The van der Waals surface area contributed by atoms with E-state index in [1.165, 1.54) is 6.26 Å². The fourth-order valence-electron chi connectivity index (χ4n) is 1.60. The van der Waals surface area contributed by atoms with Gasteiger partial charge in [-0.15, -0.1) is 11.6 Å². The average molecular weight is 329 g/mol. The Kier molecular flexibility index (Phi) is 4.09. The summed E-state index contributed by atoms with van der Waals surface area (Å²) in [5, 5.41) is 2.65. The summed E-state index contributed by atoms with van der Waals surface area (Å²) in [5.41, 5.74) is 2.04. The molecular formula is C13H11BrClNO2. The lowest BCUT2D eigenvalue weighted by Gasteiger charge is -2.11. The fraction of sp³-hybridized carbons (Fsp3) is 0.154. The second-order valence-electron chi connectivity index (χ2n) is 3.77. The monoisotopic (exact) mass is 327 g/mol. The van der Waals surface area contributed by atoms with Crippen LogP contribution in [0.1, 0.15) is 28.2 Å². The van der Waals surface area contributed by atoms with Crippen LogP contribution in [0.4, 0.5) is 5.69 Å². The molecule has 2 rings (SSSR count). The molecule has 0 radical (unpaired) electrons. The number of hydrogen-bond donors (Lipinski definition) is 1. The number of hydrogen-bond acceptors (Lipinski definition) is 2. The minimum atomic E-state index is -0.236. The van der Waals surface area contributed by atoms with E-state index in [4.69, 9.17) is 16.0 Å². The molecule has 1 unspecified atom stereocenters. The molecule has 3 nitrogen and oxygen atoms in total. The predicted molar refractivity (Wildman–Crippen MR) is 75.1 cm³/mol. The Bertz CT molecular complexity index is 566. The summed E-state index contributed by atoms with van der Waals surface area (Å²) < 4.78 is 5.44. The van der Waals surface area contributed by atoms with E-state index >= 15 is 0 Å². The first kappa shape index (κ1) is 13.2. The quantitative estimate of drug-likeness (QED) is 0.837. The molecule has 0 fully saturated rings. The Hall–Kier alpha value is -1.26. The molecule has 5 heteroatoms. The van der Waals surface area contributed by atoms with Crippen molar-refractivity contribution in [1.82, 2.24) is 0 Å². The van der Waals surface area contributed by atoms with E-state index in [1.54, 1.807) is 6.07 Å². The van der Waals surface area contributed by atoms with Crippen LogP contribution in [-0.4, -0.2) is 5.91 Å². The van der Waals surface area contributed by atoms with Crippen LogP contribution < -0.4 is 5.32 Å². The summed E-state index contributed by atoms with van der Waals surface area (Å²) in [6, 6.07) is 9.05. The third kappa shape index (κ3) is 2.76. The Morgan fingerprint density at radius 2 is 2.11 bits per heavy atom. The van der Waals surface area contributed by atoms with E-state index in [1.807, 2.05) is 31.2 Å². The normalized spacial score (nSPS) is 12.2. The highest BCUT2D eigenvalue weighted by molar-refractivity contribution is 9.10. The highest BCUT2D eigenvalue weighted by Crippen LogP contribution is 2.28. The Labute approximate surface area is 118 Å². The molecule has 0 bridgehead atoms. The maximum absolute atomic E-state index is 12.0. The van der Waals surface area contributed by atoms with Gasteiger partial charge in [0, 0.05) is 5.69 Å². The third-order valence-electron chi connectivity index (χ3n) is 2.50. The van der Waals surface area contributed by atoms with Gasteiger partial charge in [0.15, 0.2) is 4.67 Å². The number of nitrogens with one attached hydrogen (secondary N) is 1. The van der Waals surface area contributed by atoms with Crippen molar-refractivity contribution in [3.05, 3.63) is 52.4 Å². The summed E-state index contributed by atoms with van der Waals surface area (Å²) in [6.45, 7) is 1.86.